The Morgan fingerprint density at radius 3 is 2.42 bits per heavy atom. The van der Waals surface area contributed by atoms with E-state index in [1.165, 1.54) is 18.2 Å². The van der Waals surface area contributed by atoms with Crippen LogP contribution in [-0.4, -0.2) is 52.3 Å². The van der Waals surface area contributed by atoms with Gasteiger partial charge in [-0.1, -0.05) is 13.8 Å². The Morgan fingerprint density at radius 2 is 1.78 bits per heavy atom. The summed E-state index contributed by atoms with van der Waals surface area (Å²) in [6.07, 6.45) is 10.1. The van der Waals surface area contributed by atoms with Gasteiger partial charge in [0.05, 0.1) is 23.8 Å². The van der Waals surface area contributed by atoms with Gasteiger partial charge in [0.25, 0.3) is 0 Å². The standard InChI is InChI=1S/C25H28FN7O2S/c1-16(2)18-13-28-25(29-14-18)32-10-7-17(8-11-32)22-15-27-24-21(6-9-30-33(22)24)31-19-4-5-23(20(26)12-19)36(3,34)35/h4-6,9,12-17,31H,7-8,10-11H2,1-3H3. The maximum atomic E-state index is 14.4. The summed E-state index contributed by atoms with van der Waals surface area (Å²) in [5.41, 5.74) is 3.84. The minimum Gasteiger partial charge on any atom is -0.352 e. The van der Waals surface area contributed by atoms with Gasteiger partial charge < -0.3 is 10.2 Å². The minimum atomic E-state index is -3.63. The van der Waals surface area contributed by atoms with Crippen LogP contribution in [0.25, 0.3) is 5.65 Å². The molecule has 0 atom stereocenters. The number of sulfone groups is 1. The smallest absolute Gasteiger partial charge is 0.225 e. The largest absolute Gasteiger partial charge is 0.352 e. The molecule has 5 rings (SSSR count). The molecule has 1 aliphatic rings. The molecule has 1 fully saturated rings. The predicted octanol–water partition coefficient (Wildman–Crippen LogP) is 4.31. The van der Waals surface area contributed by atoms with E-state index in [0.717, 1.165) is 49.4 Å². The number of imidazole rings is 1. The highest BCUT2D eigenvalue weighted by atomic mass is 32.2. The second kappa shape index (κ2) is 9.45. The average molecular weight is 510 g/mol. The molecule has 36 heavy (non-hydrogen) atoms. The fraction of sp³-hybridized carbons (Fsp3) is 0.360. The molecule has 0 bridgehead atoms. The van der Waals surface area contributed by atoms with E-state index in [0.29, 0.717) is 22.9 Å². The third kappa shape index (κ3) is 4.75. The van der Waals surface area contributed by atoms with E-state index in [4.69, 9.17) is 0 Å². The minimum absolute atomic E-state index is 0.278. The van der Waals surface area contributed by atoms with Gasteiger partial charge in [-0.05, 0) is 48.6 Å². The van der Waals surface area contributed by atoms with Crippen LogP contribution in [0.3, 0.4) is 0 Å². The summed E-state index contributed by atoms with van der Waals surface area (Å²) in [4.78, 5) is 15.6. The van der Waals surface area contributed by atoms with Crippen molar-refractivity contribution in [2.45, 2.75) is 43.4 Å². The first-order valence-electron chi connectivity index (χ1n) is 11.9. The summed E-state index contributed by atoms with van der Waals surface area (Å²) in [6, 6.07) is 5.72. The number of anilines is 3. The number of benzene rings is 1. The van der Waals surface area contributed by atoms with Crippen LogP contribution in [-0.2, 0) is 9.84 Å². The molecular formula is C25H28FN7O2S. The highest BCUT2D eigenvalue weighted by Crippen LogP contribution is 2.31. The number of nitrogens with zero attached hydrogens (tertiary/aromatic N) is 6. The van der Waals surface area contributed by atoms with Gasteiger partial charge in [0.1, 0.15) is 10.7 Å². The van der Waals surface area contributed by atoms with Crippen molar-refractivity contribution in [1.29, 1.82) is 0 Å². The van der Waals surface area contributed by atoms with E-state index in [9.17, 15) is 12.8 Å². The fourth-order valence-corrected chi connectivity index (χ4v) is 5.22. The number of piperidine rings is 1. The average Bonchev–Trinajstić information content (AvgIpc) is 3.29. The van der Waals surface area contributed by atoms with E-state index in [1.807, 2.05) is 23.1 Å². The monoisotopic (exact) mass is 509 g/mol. The molecule has 0 unspecified atom stereocenters. The van der Waals surface area contributed by atoms with Crippen molar-refractivity contribution in [3.63, 3.8) is 0 Å². The lowest BCUT2D eigenvalue weighted by atomic mass is 9.94. The summed E-state index contributed by atoms with van der Waals surface area (Å²) < 4.78 is 39.6. The highest BCUT2D eigenvalue weighted by Gasteiger charge is 2.25. The molecule has 0 radical (unpaired) electrons. The first-order chi connectivity index (χ1) is 17.2. The number of rotatable bonds is 6. The normalized spacial score (nSPS) is 15.1. The molecule has 1 aliphatic heterocycles. The maximum Gasteiger partial charge on any atom is 0.225 e. The Balaban J connectivity index is 1.32. The van der Waals surface area contributed by atoms with Gasteiger partial charge in [0.15, 0.2) is 15.5 Å². The molecule has 3 aromatic heterocycles. The van der Waals surface area contributed by atoms with Crippen molar-refractivity contribution in [3.8, 4) is 0 Å². The lowest BCUT2D eigenvalue weighted by Gasteiger charge is -2.31. The van der Waals surface area contributed by atoms with Crippen LogP contribution in [0, 0.1) is 5.82 Å². The van der Waals surface area contributed by atoms with Crippen molar-refractivity contribution in [3.05, 3.63) is 66.1 Å². The zero-order valence-corrected chi connectivity index (χ0v) is 21.2. The lowest BCUT2D eigenvalue weighted by Crippen LogP contribution is -2.34. The number of aromatic nitrogens is 5. The Labute approximate surface area is 209 Å². The first-order valence-corrected chi connectivity index (χ1v) is 13.8. The number of halogens is 1. The molecule has 0 spiro atoms. The molecule has 9 nitrogen and oxygen atoms in total. The molecule has 11 heteroatoms. The quantitative estimate of drug-likeness (QED) is 0.410. The van der Waals surface area contributed by atoms with E-state index in [2.05, 4.69) is 44.1 Å². The summed E-state index contributed by atoms with van der Waals surface area (Å²) in [7, 11) is -3.63. The Hall–Kier alpha value is -3.60. The topological polar surface area (TPSA) is 105 Å². The number of fused-ring (bicyclic) bond motifs is 1. The van der Waals surface area contributed by atoms with Crippen LogP contribution in [0.5, 0.6) is 0 Å². The van der Waals surface area contributed by atoms with Gasteiger partial charge in [0.2, 0.25) is 5.95 Å². The van der Waals surface area contributed by atoms with Gasteiger partial charge in [-0.3, -0.25) is 0 Å². The molecule has 1 N–H and O–H groups in total. The zero-order valence-electron chi connectivity index (χ0n) is 20.4. The third-order valence-corrected chi connectivity index (χ3v) is 7.69. The molecule has 1 saturated heterocycles. The molecule has 0 aliphatic carbocycles. The van der Waals surface area contributed by atoms with Crippen LogP contribution in [0.15, 0.2) is 53.9 Å². The predicted molar refractivity (Wildman–Crippen MR) is 136 cm³/mol. The van der Waals surface area contributed by atoms with Crippen molar-refractivity contribution in [2.24, 2.45) is 0 Å². The zero-order chi connectivity index (χ0) is 25.4. The second-order valence-electron chi connectivity index (χ2n) is 9.44. The summed E-state index contributed by atoms with van der Waals surface area (Å²) in [5, 5.41) is 7.65. The van der Waals surface area contributed by atoms with Crippen LogP contribution in [0.4, 0.5) is 21.7 Å². The van der Waals surface area contributed by atoms with Crippen molar-refractivity contribution in [2.75, 3.05) is 29.6 Å². The molecule has 0 amide bonds. The van der Waals surface area contributed by atoms with Crippen molar-refractivity contribution >= 4 is 32.8 Å². The van der Waals surface area contributed by atoms with E-state index in [1.54, 1.807) is 12.3 Å². The maximum absolute atomic E-state index is 14.4. The van der Waals surface area contributed by atoms with Crippen molar-refractivity contribution < 1.29 is 12.8 Å². The van der Waals surface area contributed by atoms with E-state index < -0.39 is 15.7 Å². The third-order valence-electron chi connectivity index (χ3n) is 6.56. The highest BCUT2D eigenvalue weighted by molar-refractivity contribution is 7.90. The number of hydrogen-bond donors (Lipinski definition) is 1. The second-order valence-corrected chi connectivity index (χ2v) is 11.4. The Morgan fingerprint density at radius 1 is 1.06 bits per heavy atom. The fourth-order valence-electron chi connectivity index (χ4n) is 4.49. The first kappa shape index (κ1) is 24.1. The van der Waals surface area contributed by atoms with E-state index >= 15 is 0 Å². The summed E-state index contributed by atoms with van der Waals surface area (Å²) >= 11 is 0. The molecule has 1 aromatic carbocycles. The Kier molecular flexibility index (Phi) is 6.33. The van der Waals surface area contributed by atoms with Gasteiger partial charge >= 0.3 is 0 Å². The lowest BCUT2D eigenvalue weighted by molar-refractivity contribution is 0.483. The number of hydrogen-bond acceptors (Lipinski definition) is 8. The van der Waals surface area contributed by atoms with E-state index in [-0.39, 0.29) is 10.8 Å². The van der Waals surface area contributed by atoms with Gasteiger partial charge in [0, 0.05) is 43.3 Å². The summed E-state index contributed by atoms with van der Waals surface area (Å²) in [6.45, 7) is 5.93. The number of nitrogens with one attached hydrogen (secondary N) is 1. The SMILES string of the molecule is CC(C)c1cnc(N2CCC(c3cnc4c(Nc5ccc(S(C)(=O)=O)c(F)c5)ccnn34)CC2)nc1. The van der Waals surface area contributed by atoms with Gasteiger partial charge in [-0.2, -0.15) is 5.10 Å². The van der Waals surface area contributed by atoms with Crippen LogP contribution < -0.4 is 10.2 Å². The van der Waals surface area contributed by atoms with Crippen LogP contribution in [0.2, 0.25) is 0 Å². The van der Waals surface area contributed by atoms with Crippen molar-refractivity contribution in [1.82, 2.24) is 24.6 Å². The van der Waals surface area contributed by atoms with Gasteiger partial charge in [-0.15, -0.1) is 0 Å². The van der Waals surface area contributed by atoms with Crippen LogP contribution >= 0.6 is 0 Å². The van der Waals surface area contributed by atoms with Gasteiger partial charge in [-0.25, -0.2) is 32.3 Å². The molecule has 4 heterocycles. The molecular weight excluding hydrogens is 481 g/mol. The Bertz CT molecular complexity index is 1490. The molecule has 0 saturated carbocycles. The summed E-state index contributed by atoms with van der Waals surface area (Å²) in [5.74, 6) is 0.638. The molecule has 188 valence electrons. The van der Waals surface area contributed by atoms with Crippen LogP contribution in [0.1, 0.15) is 49.8 Å². The molecule has 4 aromatic rings.